The molecule has 0 fully saturated rings. The molecular weight excluding hydrogens is 164 g/mol. The summed E-state index contributed by atoms with van der Waals surface area (Å²) in [4.78, 5) is 0. The van der Waals surface area contributed by atoms with Crippen molar-refractivity contribution in [1.82, 2.24) is 5.32 Å². The molecule has 0 heterocycles. The van der Waals surface area contributed by atoms with Crippen LogP contribution in [0.4, 0.5) is 0 Å². The maximum Gasteiger partial charge on any atom is 0.120 e. The fraction of sp³-hybridized carbons (Fsp3) is 0.400. The third kappa shape index (κ3) is 3.05. The second kappa shape index (κ2) is 4.84. The summed E-state index contributed by atoms with van der Waals surface area (Å²) in [6.07, 6.45) is 0. The fourth-order valence-electron chi connectivity index (χ4n) is 1.18. The van der Waals surface area contributed by atoms with E-state index in [2.05, 4.69) is 5.32 Å². The van der Waals surface area contributed by atoms with Gasteiger partial charge in [-0.3, -0.25) is 0 Å². The number of phenols is 1. The van der Waals surface area contributed by atoms with Crippen LogP contribution < -0.4 is 11.1 Å². The highest BCUT2D eigenvalue weighted by Crippen LogP contribution is 2.17. The van der Waals surface area contributed by atoms with Crippen LogP contribution in [-0.2, 0) is 6.54 Å². The molecule has 0 bridgehead atoms. The first-order valence-corrected chi connectivity index (χ1v) is 4.43. The number of aromatic hydroxyl groups is 1. The number of phenolic OH excluding ortho intramolecular Hbond substituents is 1. The lowest BCUT2D eigenvalue weighted by molar-refractivity contribution is 0.464. The number of nitrogens with two attached hydrogens (primary N) is 1. The van der Waals surface area contributed by atoms with Crippen molar-refractivity contribution in [2.75, 3.05) is 13.1 Å². The second-order valence-corrected chi connectivity index (χ2v) is 3.10. The van der Waals surface area contributed by atoms with E-state index in [0.29, 0.717) is 18.8 Å². The Balaban J connectivity index is 2.59. The number of rotatable bonds is 4. The zero-order chi connectivity index (χ0) is 9.68. The molecule has 0 spiro atoms. The molecule has 0 saturated heterocycles. The van der Waals surface area contributed by atoms with Gasteiger partial charge in [-0.05, 0) is 13.0 Å². The van der Waals surface area contributed by atoms with E-state index in [1.54, 1.807) is 6.07 Å². The van der Waals surface area contributed by atoms with Gasteiger partial charge in [0.05, 0.1) is 0 Å². The molecule has 0 aliphatic carbocycles. The van der Waals surface area contributed by atoms with Crippen LogP contribution >= 0.6 is 0 Å². The Hall–Kier alpha value is -1.06. The summed E-state index contributed by atoms with van der Waals surface area (Å²) < 4.78 is 0. The van der Waals surface area contributed by atoms with Crippen LogP contribution in [0.3, 0.4) is 0 Å². The summed E-state index contributed by atoms with van der Waals surface area (Å²) in [5.41, 5.74) is 7.42. The summed E-state index contributed by atoms with van der Waals surface area (Å²) in [7, 11) is 0. The fourth-order valence-corrected chi connectivity index (χ4v) is 1.18. The topological polar surface area (TPSA) is 58.3 Å². The summed E-state index contributed by atoms with van der Waals surface area (Å²) in [6.45, 7) is 4.07. The molecule has 72 valence electrons. The number of aryl methyl sites for hydroxylation is 1. The molecule has 4 N–H and O–H groups in total. The van der Waals surface area contributed by atoms with E-state index in [4.69, 9.17) is 5.73 Å². The smallest absolute Gasteiger partial charge is 0.120 e. The van der Waals surface area contributed by atoms with Crippen molar-refractivity contribution in [3.05, 3.63) is 29.3 Å². The molecule has 0 saturated carbocycles. The molecule has 1 rings (SSSR count). The summed E-state index contributed by atoms with van der Waals surface area (Å²) in [6, 6.07) is 5.58. The SMILES string of the molecule is Cc1ccc(O)c(CNCCN)c1. The van der Waals surface area contributed by atoms with Crippen molar-refractivity contribution in [2.24, 2.45) is 5.73 Å². The predicted octanol–water partition coefficient (Wildman–Crippen LogP) is 0.749. The Morgan fingerprint density at radius 2 is 2.23 bits per heavy atom. The molecule has 1 aromatic rings. The largest absolute Gasteiger partial charge is 0.508 e. The molecular formula is C10H16N2O. The van der Waals surface area contributed by atoms with Crippen LogP contribution in [0.1, 0.15) is 11.1 Å². The maximum absolute atomic E-state index is 9.46. The van der Waals surface area contributed by atoms with Gasteiger partial charge in [0.25, 0.3) is 0 Å². The lowest BCUT2D eigenvalue weighted by atomic mass is 10.1. The minimum absolute atomic E-state index is 0.343. The van der Waals surface area contributed by atoms with E-state index in [-0.39, 0.29) is 0 Å². The quantitative estimate of drug-likeness (QED) is 0.599. The second-order valence-electron chi connectivity index (χ2n) is 3.10. The number of hydrogen-bond donors (Lipinski definition) is 3. The standard InChI is InChI=1S/C10H16N2O/c1-8-2-3-10(13)9(6-8)7-12-5-4-11/h2-3,6,12-13H,4-5,7,11H2,1H3. The molecule has 1 aromatic carbocycles. The van der Waals surface area contributed by atoms with Gasteiger partial charge in [0, 0.05) is 25.2 Å². The van der Waals surface area contributed by atoms with Crippen LogP contribution in [0.15, 0.2) is 18.2 Å². The Kier molecular flexibility index (Phi) is 3.73. The molecule has 0 unspecified atom stereocenters. The van der Waals surface area contributed by atoms with Crippen molar-refractivity contribution in [2.45, 2.75) is 13.5 Å². The van der Waals surface area contributed by atoms with E-state index in [1.807, 2.05) is 19.1 Å². The van der Waals surface area contributed by atoms with Gasteiger partial charge in [0.15, 0.2) is 0 Å². The highest BCUT2D eigenvalue weighted by molar-refractivity contribution is 5.35. The number of nitrogens with one attached hydrogen (secondary N) is 1. The highest BCUT2D eigenvalue weighted by atomic mass is 16.3. The molecule has 0 aromatic heterocycles. The monoisotopic (exact) mass is 180 g/mol. The van der Waals surface area contributed by atoms with Gasteiger partial charge in [-0.1, -0.05) is 17.7 Å². The molecule has 0 aliphatic heterocycles. The van der Waals surface area contributed by atoms with Gasteiger partial charge in [0.1, 0.15) is 5.75 Å². The molecule has 0 amide bonds. The minimum Gasteiger partial charge on any atom is -0.508 e. The first-order valence-electron chi connectivity index (χ1n) is 4.43. The van der Waals surface area contributed by atoms with Gasteiger partial charge < -0.3 is 16.2 Å². The first kappa shape index (κ1) is 10.0. The van der Waals surface area contributed by atoms with Crippen LogP contribution in [0, 0.1) is 6.92 Å². The van der Waals surface area contributed by atoms with E-state index in [9.17, 15) is 5.11 Å². The minimum atomic E-state index is 0.343. The number of benzene rings is 1. The lowest BCUT2D eigenvalue weighted by Gasteiger charge is -2.06. The average Bonchev–Trinajstić information content (AvgIpc) is 2.11. The summed E-state index contributed by atoms with van der Waals surface area (Å²) >= 11 is 0. The Labute approximate surface area is 78.6 Å². The van der Waals surface area contributed by atoms with Crippen molar-refractivity contribution in [3.8, 4) is 5.75 Å². The Morgan fingerprint density at radius 1 is 1.46 bits per heavy atom. The van der Waals surface area contributed by atoms with Crippen molar-refractivity contribution >= 4 is 0 Å². The number of hydrogen-bond acceptors (Lipinski definition) is 3. The normalized spacial score (nSPS) is 10.3. The van der Waals surface area contributed by atoms with Gasteiger partial charge >= 0.3 is 0 Å². The van der Waals surface area contributed by atoms with Crippen LogP contribution in [0.5, 0.6) is 5.75 Å². The van der Waals surface area contributed by atoms with Crippen molar-refractivity contribution in [1.29, 1.82) is 0 Å². The van der Waals surface area contributed by atoms with Gasteiger partial charge in [-0.15, -0.1) is 0 Å². The maximum atomic E-state index is 9.46. The van der Waals surface area contributed by atoms with Crippen molar-refractivity contribution in [3.63, 3.8) is 0 Å². The molecule has 13 heavy (non-hydrogen) atoms. The summed E-state index contributed by atoms with van der Waals surface area (Å²) in [5.74, 6) is 0.343. The Bertz CT molecular complexity index is 274. The van der Waals surface area contributed by atoms with Crippen LogP contribution in [0.25, 0.3) is 0 Å². The van der Waals surface area contributed by atoms with Gasteiger partial charge in [0.2, 0.25) is 0 Å². The molecule has 0 radical (unpaired) electrons. The molecule has 0 atom stereocenters. The van der Waals surface area contributed by atoms with E-state index < -0.39 is 0 Å². The third-order valence-corrected chi connectivity index (χ3v) is 1.87. The zero-order valence-electron chi connectivity index (χ0n) is 7.88. The predicted molar refractivity (Wildman–Crippen MR) is 53.6 cm³/mol. The molecule has 3 nitrogen and oxygen atoms in total. The summed E-state index contributed by atoms with van der Waals surface area (Å²) in [5, 5.41) is 12.6. The van der Waals surface area contributed by atoms with Gasteiger partial charge in [-0.2, -0.15) is 0 Å². The average molecular weight is 180 g/mol. The third-order valence-electron chi connectivity index (χ3n) is 1.87. The molecule has 3 heteroatoms. The van der Waals surface area contributed by atoms with Crippen molar-refractivity contribution < 1.29 is 5.11 Å². The first-order chi connectivity index (χ1) is 6.24. The lowest BCUT2D eigenvalue weighted by Crippen LogP contribution is -2.21. The van der Waals surface area contributed by atoms with E-state index in [1.165, 1.54) is 0 Å². The van der Waals surface area contributed by atoms with E-state index in [0.717, 1.165) is 17.7 Å². The van der Waals surface area contributed by atoms with E-state index >= 15 is 0 Å². The Morgan fingerprint density at radius 3 is 2.92 bits per heavy atom. The van der Waals surface area contributed by atoms with Crippen LogP contribution in [0.2, 0.25) is 0 Å². The van der Waals surface area contributed by atoms with Crippen LogP contribution in [-0.4, -0.2) is 18.2 Å². The molecule has 0 aliphatic rings. The highest BCUT2D eigenvalue weighted by Gasteiger charge is 1.99. The van der Waals surface area contributed by atoms with Gasteiger partial charge in [-0.25, -0.2) is 0 Å². The zero-order valence-corrected chi connectivity index (χ0v) is 7.88.